The van der Waals surface area contributed by atoms with Crippen molar-refractivity contribution < 1.29 is 19.0 Å². The molecule has 28 heavy (non-hydrogen) atoms. The highest BCUT2D eigenvalue weighted by Crippen LogP contribution is 2.34. The first-order chi connectivity index (χ1) is 13.4. The van der Waals surface area contributed by atoms with E-state index in [1.165, 1.54) is 6.07 Å². The number of nitrogens with zero attached hydrogens (tertiary/aromatic N) is 1. The van der Waals surface area contributed by atoms with Gasteiger partial charge in [-0.25, -0.2) is 4.39 Å². The van der Waals surface area contributed by atoms with E-state index in [9.17, 15) is 14.3 Å². The van der Waals surface area contributed by atoms with E-state index in [1.807, 2.05) is 17.0 Å². The summed E-state index contributed by atoms with van der Waals surface area (Å²) in [6.45, 7) is 1.15. The molecule has 0 aliphatic carbocycles. The fourth-order valence-corrected chi connectivity index (χ4v) is 3.91. The summed E-state index contributed by atoms with van der Waals surface area (Å²) < 4.78 is 20.0. The number of hydrogen-bond donors (Lipinski definition) is 2. The summed E-state index contributed by atoms with van der Waals surface area (Å²) in [5.74, 6) is 0.187. The van der Waals surface area contributed by atoms with Crippen LogP contribution < -0.4 is 15.0 Å². The van der Waals surface area contributed by atoms with Gasteiger partial charge in [-0.15, -0.1) is 0 Å². The number of fused-ring (bicyclic) bond motifs is 1. The number of benzene rings is 2. The molecule has 148 valence electrons. The highest BCUT2D eigenvalue weighted by Gasteiger charge is 2.34. The van der Waals surface area contributed by atoms with Crippen molar-refractivity contribution in [3.63, 3.8) is 0 Å². The minimum absolute atomic E-state index is 0.0273. The zero-order chi connectivity index (χ0) is 19.7. The van der Waals surface area contributed by atoms with E-state index in [2.05, 4.69) is 5.32 Å². The predicted molar refractivity (Wildman–Crippen MR) is 107 cm³/mol. The van der Waals surface area contributed by atoms with Crippen LogP contribution >= 0.6 is 11.6 Å². The highest BCUT2D eigenvalue weighted by molar-refractivity contribution is 6.30. The molecule has 2 heterocycles. The van der Waals surface area contributed by atoms with Gasteiger partial charge >= 0.3 is 0 Å². The van der Waals surface area contributed by atoms with E-state index >= 15 is 0 Å². The maximum atomic E-state index is 14.1. The van der Waals surface area contributed by atoms with Crippen LogP contribution in [0.5, 0.6) is 5.75 Å². The van der Waals surface area contributed by atoms with Crippen LogP contribution in [0.1, 0.15) is 24.8 Å². The molecule has 5 nitrogen and oxygen atoms in total. The number of anilines is 2. The molecule has 0 saturated carbocycles. The molecule has 2 aliphatic heterocycles. The van der Waals surface area contributed by atoms with Crippen LogP contribution in [0.3, 0.4) is 0 Å². The first-order valence-electron chi connectivity index (χ1n) is 9.40. The van der Waals surface area contributed by atoms with Gasteiger partial charge in [-0.05, 0) is 49.1 Å². The predicted octanol–water partition coefficient (Wildman–Crippen LogP) is 3.77. The van der Waals surface area contributed by atoms with Crippen molar-refractivity contribution in [1.82, 2.24) is 0 Å². The smallest absolute Gasteiger partial charge is 0.224 e. The zero-order valence-corrected chi connectivity index (χ0v) is 16.1. The monoisotopic (exact) mass is 404 g/mol. The van der Waals surface area contributed by atoms with Crippen molar-refractivity contribution in [2.45, 2.75) is 31.3 Å². The Bertz CT molecular complexity index is 897. The SMILES string of the molecule is O=C1CCc2cccc(OCC3(O)CCN(c4ccc(Cl)cc4F)CC3)c2N1. The van der Waals surface area contributed by atoms with E-state index < -0.39 is 5.60 Å². The molecule has 0 atom stereocenters. The number of hydrogen-bond acceptors (Lipinski definition) is 4. The molecule has 0 radical (unpaired) electrons. The highest BCUT2D eigenvalue weighted by atomic mass is 35.5. The van der Waals surface area contributed by atoms with Gasteiger partial charge in [0.25, 0.3) is 0 Å². The lowest BCUT2D eigenvalue weighted by atomic mass is 9.92. The summed E-state index contributed by atoms with van der Waals surface area (Å²) in [4.78, 5) is 13.6. The Kier molecular flexibility index (Phi) is 5.17. The minimum atomic E-state index is -0.999. The Hall–Kier alpha value is -2.31. The van der Waals surface area contributed by atoms with Crippen molar-refractivity contribution in [1.29, 1.82) is 0 Å². The van der Waals surface area contributed by atoms with Crippen LogP contribution in [-0.2, 0) is 11.2 Å². The van der Waals surface area contributed by atoms with Gasteiger partial charge in [0.15, 0.2) is 0 Å². The van der Waals surface area contributed by atoms with Crippen LogP contribution in [-0.4, -0.2) is 36.3 Å². The maximum absolute atomic E-state index is 14.1. The van der Waals surface area contributed by atoms with Gasteiger partial charge in [-0.3, -0.25) is 4.79 Å². The maximum Gasteiger partial charge on any atom is 0.224 e. The second-order valence-corrected chi connectivity index (χ2v) is 7.87. The van der Waals surface area contributed by atoms with E-state index in [0.717, 1.165) is 5.56 Å². The number of rotatable bonds is 4. The normalized spacial score (nSPS) is 18.4. The summed E-state index contributed by atoms with van der Waals surface area (Å²) in [7, 11) is 0. The second-order valence-electron chi connectivity index (χ2n) is 7.43. The lowest BCUT2D eigenvalue weighted by Gasteiger charge is -2.39. The van der Waals surface area contributed by atoms with Crippen LogP contribution in [0.15, 0.2) is 36.4 Å². The largest absolute Gasteiger partial charge is 0.488 e. The number of aryl methyl sites for hydroxylation is 1. The van der Waals surface area contributed by atoms with Gasteiger partial charge in [0.1, 0.15) is 23.8 Å². The summed E-state index contributed by atoms with van der Waals surface area (Å²) in [5, 5.41) is 14.1. The summed E-state index contributed by atoms with van der Waals surface area (Å²) >= 11 is 5.82. The van der Waals surface area contributed by atoms with Crippen LogP contribution in [0.4, 0.5) is 15.8 Å². The third kappa shape index (κ3) is 3.93. The Balaban J connectivity index is 1.40. The number of nitrogens with one attached hydrogen (secondary N) is 1. The number of halogens is 2. The van der Waals surface area contributed by atoms with E-state index in [0.29, 0.717) is 60.9 Å². The quantitative estimate of drug-likeness (QED) is 0.814. The van der Waals surface area contributed by atoms with Gasteiger partial charge in [0, 0.05) is 24.5 Å². The average Bonchev–Trinajstić information content (AvgIpc) is 2.67. The van der Waals surface area contributed by atoms with Gasteiger partial charge < -0.3 is 20.1 Å². The molecule has 0 spiro atoms. The molecule has 1 amide bonds. The van der Waals surface area contributed by atoms with E-state index in [4.69, 9.17) is 16.3 Å². The third-order valence-electron chi connectivity index (χ3n) is 5.44. The molecule has 0 unspecified atom stereocenters. The van der Waals surface area contributed by atoms with Crippen LogP contribution in [0.25, 0.3) is 0 Å². The average molecular weight is 405 g/mol. The molecule has 0 aromatic heterocycles. The van der Waals surface area contributed by atoms with Crippen molar-refractivity contribution in [2.24, 2.45) is 0 Å². The Morgan fingerprint density at radius 3 is 2.75 bits per heavy atom. The molecule has 0 bridgehead atoms. The molecular weight excluding hydrogens is 383 g/mol. The number of ether oxygens (including phenoxy) is 1. The molecule has 4 rings (SSSR count). The van der Waals surface area contributed by atoms with Gasteiger partial charge in [-0.1, -0.05) is 23.7 Å². The number of para-hydroxylation sites is 1. The van der Waals surface area contributed by atoms with Gasteiger partial charge in [0.05, 0.1) is 11.4 Å². The topological polar surface area (TPSA) is 61.8 Å². The minimum Gasteiger partial charge on any atom is -0.488 e. The molecule has 2 aromatic rings. The number of piperidine rings is 1. The van der Waals surface area contributed by atoms with E-state index in [-0.39, 0.29) is 18.3 Å². The lowest BCUT2D eigenvalue weighted by Crippen LogP contribution is -2.48. The molecular formula is C21H22ClFN2O3. The Labute approximate surface area is 168 Å². The first kappa shape index (κ1) is 19.0. The molecule has 2 aliphatic rings. The van der Waals surface area contributed by atoms with E-state index in [1.54, 1.807) is 18.2 Å². The molecule has 1 saturated heterocycles. The number of carbonyl (C=O) groups excluding carboxylic acids is 1. The number of carbonyl (C=O) groups is 1. The first-order valence-corrected chi connectivity index (χ1v) is 9.78. The molecule has 2 aromatic carbocycles. The van der Waals surface area contributed by atoms with Gasteiger partial charge in [-0.2, -0.15) is 0 Å². The second kappa shape index (κ2) is 7.60. The van der Waals surface area contributed by atoms with Crippen LogP contribution in [0, 0.1) is 5.82 Å². The van der Waals surface area contributed by atoms with Crippen molar-refractivity contribution in [3.8, 4) is 5.75 Å². The third-order valence-corrected chi connectivity index (χ3v) is 5.67. The van der Waals surface area contributed by atoms with Crippen molar-refractivity contribution >= 4 is 28.9 Å². The molecule has 2 N–H and O–H groups in total. The van der Waals surface area contributed by atoms with Crippen molar-refractivity contribution in [2.75, 3.05) is 29.9 Å². The summed E-state index contributed by atoms with van der Waals surface area (Å²) in [6, 6.07) is 10.3. The fraction of sp³-hybridized carbons (Fsp3) is 0.381. The van der Waals surface area contributed by atoms with Crippen molar-refractivity contribution in [3.05, 3.63) is 52.8 Å². The Morgan fingerprint density at radius 1 is 1.21 bits per heavy atom. The Morgan fingerprint density at radius 2 is 2.00 bits per heavy atom. The standard InChI is InChI=1S/C21H22ClFN2O3/c22-15-5-6-17(16(23)12-15)25-10-8-21(27,9-11-25)13-28-18-3-1-2-14-4-7-19(26)24-20(14)18/h1-3,5-6,12,27H,4,7-11,13H2,(H,24,26). The number of amides is 1. The van der Waals surface area contributed by atoms with Crippen LogP contribution in [0.2, 0.25) is 5.02 Å². The summed E-state index contributed by atoms with van der Waals surface area (Å²) in [5.41, 5.74) is 1.23. The lowest BCUT2D eigenvalue weighted by molar-refractivity contribution is -0.116. The molecule has 1 fully saturated rings. The van der Waals surface area contributed by atoms with Gasteiger partial charge in [0.2, 0.25) is 5.91 Å². The fourth-order valence-electron chi connectivity index (χ4n) is 3.76. The zero-order valence-electron chi connectivity index (χ0n) is 15.4. The summed E-state index contributed by atoms with van der Waals surface area (Å²) in [6.07, 6.45) is 2.06. The molecule has 7 heteroatoms. The number of aliphatic hydroxyl groups is 1.